The van der Waals surface area contributed by atoms with Crippen LogP contribution in [0, 0.1) is 0 Å². The van der Waals surface area contributed by atoms with Crippen molar-refractivity contribution in [3.8, 4) is 22.2 Å². The number of amides is 1. The van der Waals surface area contributed by atoms with Crippen LogP contribution in [0.25, 0.3) is 10.7 Å². The number of methoxy groups -OCH3 is 1. The van der Waals surface area contributed by atoms with E-state index in [4.69, 9.17) is 4.74 Å². The molecule has 0 saturated carbocycles. The molecule has 1 atom stereocenters. The van der Waals surface area contributed by atoms with Crippen molar-refractivity contribution in [1.29, 1.82) is 0 Å². The molecule has 0 aliphatic heterocycles. The van der Waals surface area contributed by atoms with Crippen LogP contribution < -0.4 is 15.6 Å². The number of carbonyl (C=O) groups is 1. The van der Waals surface area contributed by atoms with Gasteiger partial charge in [0, 0.05) is 0 Å². The quantitative estimate of drug-likeness (QED) is 0.640. The molecule has 0 saturated heterocycles. The second-order valence-corrected chi connectivity index (χ2v) is 6.51. The largest absolute Gasteiger partial charge is 0.501 e. The lowest BCUT2D eigenvalue weighted by Gasteiger charge is -2.15. The minimum absolute atomic E-state index is 0.238. The summed E-state index contributed by atoms with van der Waals surface area (Å²) >= 11 is 1.37. The van der Waals surface area contributed by atoms with E-state index >= 15 is 0 Å². The van der Waals surface area contributed by atoms with Gasteiger partial charge in [-0.05, 0) is 36.1 Å². The number of nitrogens with one attached hydrogen (secondary N) is 2. The second-order valence-electron chi connectivity index (χ2n) is 5.56. The molecule has 0 aliphatic carbocycles. The molecule has 0 radical (unpaired) electrons. The molecule has 7 nitrogen and oxygen atoms in total. The minimum Gasteiger partial charge on any atom is -0.501 e. The molecule has 1 amide bonds. The van der Waals surface area contributed by atoms with Gasteiger partial charge in [0.05, 0.1) is 18.0 Å². The molecule has 8 heteroatoms. The minimum atomic E-state index is -0.761. The van der Waals surface area contributed by atoms with Gasteiger partial charge in [0.25, 0.3) is 11.5 Å². The van der Waals surface area contributed by atoms with E-state index < -0.39 is 17.2 Å². The monoisotopic (exact) mass is 371 g/mol. The van der Waals surface area contributed by atoms with Gasteiger partial charge in [-0.2, -0.15) is 0 Å². The fourth-order valence-electron chi connectivity index (χ4n) is 2.41. The van der Waals surface area contributed by atoms with Crippen LogP contribution in [-0.4, -0.2) is 28.1 Å². The van der Waals surface area contributed by atoms with Gasteiger partial charge in [0.15, 0.2) is 11.5 Å². The molecular formula is C18H17N3O4S. The van der Waals surface area contributed by atoms with E-state index in [9.17, 15) is 14.7 Å². The van der Waals surface area contributed by atoms with Gasteiger partial charge in [0.1, 0.15) is 5.75 Å². The number of H-pyrrole nitrogens is 1. The van der Waals surface area contributed by atoms with Crippen molar-refractivity contribution in [3.63, 3.8) is 0 Å². The van der Waals surface area contributed by atoms with Gasteiger partial charge in [-0.3, -0.25) is 9.59 Å². The van der Waals surface area contributed by atoms with Crippen LogP contribution >= 0.6 is 11.3 Å². The van der Waals surface area contributed by atoms with E-state index in [2.05, 4.69) is 15.3 Å². The highest BCUT2D eigenvalue weighted by Crippen LogP contribution is 2.23. The summed E-state index contributed by atoms with van der Waals surface area (Å²) in [6.45, 7) is 1.79. The van der Waals surface area contributed by atoms with Gasteiger partial charge in [-0.15, -0.1) is 11.3 Å². The third kappa shape index (κ3) is 3.60. The molecule has 3 rings (SSSR count). The van der Waals surface area contributed by atoms with Crippen LogP contribution in [0.2, 0.25) is 0 Å². The highest BCUT2D eigenvalue weighted by Gasteiger charge is 2.21. The number of nitrogens with zero attached hydrogens (tertiary/aromatic N) is 1. The van der Waals surface area contributed by atoms with Crippen LogP contribution in [0.1, 0.15) is 29.0 Å². The summed E-state index contributed by atoms with van der Waals surface area (Å²) in [4.78, 5) is 31.8. The van der Waals surface area contributed by atoms with E-state index in [1.165, 1.54) is 11.3 Å². The number of aromatic hydroxyl groups is 1. The number of hydrogen-bond acceptors (Lipinski definition) is 6. The zero-order valence-corrected chi connectivity index (χ0v) is 15.0. The van der Waals surface area contributed by atoms with Crippen molar-refractivity contribution in [2.45, 2.75) is 13.0 Å². The maximum atomic E-state index is 12.6. The Morgan fingerprint density at radius 1 is 1.35 bits per heavy atom. The fraction of sp³-hybridized carbons (Fsp3) is 0.167. The van der Waals surface area contributed by atoms with Crippen molar-refractivity contribution in [2.24, 2.45) is 0 Å². The molecule has 0 aliphatic rings. The van der Waals surface area contributed by atoms with Crippen molar-refractivity contribution in [2.75, 3.05) is 7.11 Å². The summed E-state index contributed by atoms with van der Waals surface area (Å²) in [5, 5.41) is 14.5. The van der Waals surface area contributed by atoms with E-state index in [-0.39, 0.29) is 17.6 Å². The highest BCUT2D eigenvalue weighted by atomic mass is 32.1. The Labute approximate surface area is 153 Å². The standard InChI is InChI=1S/C18H17N3O4S/c1-10(11-5-3-6-12(9-11)25-2)19-17(23)14-15(22)18(24)21-16(20-14)13-7-4-8-26-13/h3-10,22H,1-2H3,(H,19,23)(H,20,21,24)/t10-/m1/s1. The Morgan fingerprint density at radius 2 is 2.15 bits per heavy atom. The molecule has 0 bridgehead atoms. The third-order valence-corrected chi connectivity index (χ3v) is 4.68. The maximum absolute atomic E-state index is 12.6. The molecular weight excluding hydrogens is 354 g/mol. The van der Waals surface area contributed by atoms with Gasteiger partial charge in [0.2, 0.25) is 5.75 Å². The lowest BCUT2D eigenvalue weighted by atomic mass is 10.1. The predicted octanol–water partition coefficient (Wildman–Crippen LogP) is 2.70. The van der Waals surface area contributed by atoms with Crippen molar-refractivity contribution in [1.82, 2.24) is 15.3 Å². The maximum Gasteiger partial charge on any atom is 0.294 e. The first-order valence-corrected chi connectivity index (χ1v) is 8.69. The number of benzene rings is 1. The van der Waals surface area contributed by atoms with Gasteiger partial charge in [-0.25, -0.2) is 4.98 Å². The van der Waals surface area contributed by atoms with E-state index in [1.807, 2.05) is 17.5 Å². The normalized spacial score (nSPS) is 11.8. The Balaban J connectivity index is 1.88. The molecule has 3 N–H and O–H groups in total. The number of rotatable bonds is 5. The van der Waals surface area contributed by atoms with Gasteiger partial charge >= 0.3 is 0 Å². The molecule has 0 fully saturated rings. The molecule has 2 aromatic heterocycles. The van der Waals surface area contributed by atoms with Gasteiger partial charge in [-0.1, -0.05) is 18.2 Å². The van der Waals surface area contributed by atoms with Crippen LogP contribution in [-0.2, 0) is 0 Å². The zero-order chi connectivity index (χ0) is 18.7. The Morgan fingerprint density at radius 3 is 2.85 bits per heavy atom. The highest BCUT2D eigenvalue weighted by molar-refractivity contribution is 7.13. The Kier molecular flexibility index (Phi) is 5.04. The number of thiophene rings is 1. The van der Waals surface area contributed by atoms with E-state index in [0.717, 1.165) is 5.56 Å². The van der Waals surface area contributed by atoms with Crippen LogP contribution in [0.4, 0.5) is 0 Å². The molecule has 2 heterocycles. The van der Waals surface area contributed by atoms with Crippen molar-refractivity contribution < 1.29 is 14.6 Å². The first kappa shape index (κ1) is 17.7. The average molecular weight is 371 g/mol. The lowest BCUT2D eigenvalue weighted by molar-refractivity contribution is 0.0931. The number of hydrogen-bond donors (Lipinski definition) is 3. The molecule has 0 spiro atoms. The average Bonchev–Trinajstić information content (AvgIpc) is 3.18. The summed E-state index contributed by atoms with van der Waals surface area (Å²) in [7, 11) is 1.56. The lowest BCUT2D eigenvalue weighted by Crippen LogP contribution is -2.29. The zero-order valence-electron chi connectivity index (χ0n) is 14.1. The Hall–Kier alpha value is -3.13. The number of carbonyl (C=O) groups excluding carboxylic acids is 1. The smallest absolute Gasteiger partial charge is 0.294 e. The SMILES string of the molecule is COc1cccc([C@@H](C)NC(=O)c2nc(-c3cccs3)[nH]c(=O)c2O)c1. The topological polar surface area (TPSA) is 104 Å². The van der Waals surface area contributed by atoms with Crippen molar-refractivity contribution in [3.05, 3.63) is 63.4 Å². The number of aromatic nitrogens is 2. The molecule has 134 valence electrons. The number of ether oxygens (including phenoxy) is 1. The molecule has 26 heavy (non-hydrogen) atoms. The summed E-state index contributed by atoms with van der Waals surface area (Å²) in [5.41, 5.74) is -0.255. The van der Waals surface area contributed by atoms with Crippen LogP contribution in [0.5, 0.6) is 11.5 Å². The number of aromatic amines is 1. The van der Waals surface area contributed by atoms with Crippen LogP contribution in [0.3, 0.4) is 0 Å². The fourth-order valence-corrected chi connectivity index (χ4v) is 3.08. The van der Waals surface area contributed by atoms with E-state index in [0.29, 0.717) is 10.6 Å². The van der Waals surface area contributed by atoms with Gasteiger partial charge < -0.3 is 20.1 Å². The third-order valence-electron chi connectivity index (χ3n) is 3.81. The summed E-state index contributed by atoms with van der Waals surface area (Å²) < 4.78 is 5.18. The second kappa shape index (κ2) is 7.40. The van der Waals surface area contributed by atoms with Crippen molar-refractivity contribution >= 4 is 17.2 Å². The summed E-state index contributed by atoms with van der Waals surface area (Å²) in [6, 6.07) is 10.5. The summed E-state index contributed by atoms with van der Waals surface area (Å²) in [5.74, 6) is -0.440. The summed E-state index contributed by atoms with van der Waals surface area (Å²) in [6.07, 6.45) is 0. The molecule has 1 aromatic carbocycles. The first-order chi connectivity index (χ1) is 12.5. The predicted molar refractivity (Wildman–Crippen MR) is 98.7 cm³/mol. The van der Waals surface area contributed by atoms with E-state index in [1.54, 1.807) is 38.3 Å². The first-order valence-electron chi connectivity index (χ1n) is 7.81. The molecule has 0 unspecified atom stereocenters. The molecule has 3 aromatic rings. The van der Waals surface area contributed by atoms with Crippen LogP contribution in [0.15, 0.2) is 46.6 Å². The Bertz CT molecular complexity index is 982.